The Bertz CT molecular complexity index is 1070. The largest absolute Gasteiger partial charge is 0.471 e. The van der Waals surface area contributed by atoms with Gasteiger partial charge in [-0.25, -0.2) is 4.39 Å². The zero-order valence-electron chi connectivity index (χ0n) is 21.1. The van der Waals surface area contributed by atoms with E-state index >= 15 is 0 Å². The molecule has 0 saturated carbocycles. The van der Waals surface area contributed by atoms with Crippen molar-refractivity contribution in [3.05, 3.63) is 29.8 Å². The van der Waals surface area contributed by atoms with Gasteiger partial charge in [-0.15, -0.1) is 0 Å². The van der Waals surface area contributed by atoms with Crippen molar-refractivity contribution in [1.29, 1.82) is 0 Å². The van der Waals surface area contributed by atoms with Gasteiger partial charge < -0.3 is 9.47 Å². The Morgan fingerprint density at radius 3 is 1.43 bits per heavy atom. The van der Waals surface area contributed by atoms with Crippen molar-refractivity contribution < 1.29 is 88.9 Å². The van der Waals surface area contributed by atoms with Crippen molar-refractivity contribution >= 4 is 5.97 Å². The normalized spacial score (nSPS) is 15.0. The maximum absolute atomic E-state index is 14.0. The third-order valence-corrected chi connectivity index (χ3v) is 5.99. The first-order chi connectivity index (χ1) is 18.4. The molecule has 3 nitrogen and oxygen atoms in total. The zero-order valence-corrected chi connectivity index (χ0v) is 21.1. The zero-order chi connectivity index (χ0) is 33.6. The quantitative estimate of drug-likeness (QED) is 0.168. The highest BCUT2D eigenvalue weighted by atomic mass is 19.4. The van der Waals surface area contributed by atoms with E-state index in [4.69, 9.17) is 4.74 Å². The topological polar surface area (TPSA) is 35.5 Å². The Labute approximate surface area is 224 Å². The number of rotatable bonds is 12. The van der Waals surface area contributed by atoms with Crippen LogP contribution in [0.15, 0.2) is 24.3 Å². The minimum Gasteiger partial charge on any atom is -0.465 e. The first kappa shape index (κ1) is 37.3. The van der Waals surface area contributed by atoms with E-state index in [1.54, 1.807) is 20.8 Å². The molecule has 0 fully saturated rings. The molecule has 0 N–H and O–H groups in total. The Balaban J connectivity index is 3.31. The molecule has 0 heterocycles. The van der Waals surface area contributed by atoms with Gasteiger partial charge in [0.25, 0.3) is 0 Å². The average Bonchev–Trinajstić information content (AvgIpc) is 2.82. The van der Waals surface area contributed by atoms with Gasteiger partial charge in [0, 0.05) is 6.42 Å². The van der Waals surface area contributed by atoms with Crippen LogP contribution < -0.4 is 4.74 Å². The molecule has 0 aliphatic heterocycles. The molecule has 0 saturated heterocycles. The van der Waals surface area contributed by atoms with Crippen LogP contribution in [0.25, 0.3) is 0 Å². The highest BCUT2D eigenvalue weighted by Gasteiger charge is 2.97. The molecule has 0 radical (unpaired) electrons. The van der Waals surface area contributed by atoms with Crippen LogP contribution >= 0.6 is 0 Å². The summed E-state index contributed by atoms with van der Waals surface area (Å²) in [5, 5.41) is 0. The summed E-state index contributed by atoms with van der Waals surface area (Å²) in [6.45, 7) is 4.43. The van der Waals surface area contributed by atoms with Gasteiger partial charge in [-0.2, -0.15) is 70.2 Å². The number of esters is 1. The summed E-state index contributed by atoms with van der Waals surface area (Å²) >= 11 is 0. The summed E-state index contributed by atoms with van der Waals surface area (Å²) in [6, 6.07) is 2.13. The van der Waals surface area contributed by atoms with Gasteiger partial charge >= 0.3 is 53.8 Å². The molecule has 0 aromatic heterocycles. The van der Waals surface area contributed by atoms with Crippen LogP contribution in [0.2, 0.25) is 0 Å². The lowest BCUT2D eigenvalue weighted by Gasteiger charge is -2.43. The molecule has 0 unspecified atom stereocenters. The Morgan fingerprint density at radius 2 is 1.05 bits per heavy atom. The smallest absolute Gasteiger partial charge is 0.465 e. The highest BCUT2D eigenvalue weighted by Crippen LogP contribution is 2.65. The van der Waals surface area contributed by atoms with Crippen LogP contribution in [0.1, 0.15) is 32.8 Å². The Hall–Kier alpha value is -2.70. The van der Waals surface area contributed by atoms with Crippen molar-refractivity contribution in [2.75, 3.05) is 6.61 Å². The average molecular weight is 654 g/mol. The lowest BCUT2D eigenvalue weighted by atomic mass is 9.85. The maximum Gasteiger partial charge on any atom is 0.471 e. The van der Waals surface area contributed by atoms with Crippen molar-refractivity contribution in [1.82, 2.24) is 0 Å². The molecular formula is C22H19F17O3. The molecule has 0 spiro atoms. The van der Waals surface area contributed by atoms with E-state index in [0.29, 0.717) is 18.6 Å². The van der Waals surface area contributed by atoms with Crippen LogP contribution in [0.3, 0.4) is 0 Å². The van der Waals surface area contributed by atoms with Gasteiger partial charge in [-0.3, -0.25) is 4.79 Å². The fraction of sp³-hybridized carbons (Fsp3) is 0.682. The van der Waals surface area contributed by atoms with Gasteiger partial charge in [0.1, 0.15) is 5.75 Å². The van der Waals surface area contributed by atoms with Crippen LogP contribution in [-0.4, -0.2) is 60.4 Å². The number of hydrogen-bond donors (Lipinski definition) is 0. The van der Waals surface area contributed by atoms with Crippen molar-refractivity contribution in [3.8, 4) is 5.75 Å². The Morgan fingerprint density at radius 1 is 0.643 bits per heavy atom. The number of hydrogen-bond acceptors (Lipinski definition) is 3. The van der Waals surface area contributed by atoms with Gasteiger partial charge in [-0.1, -0.05) is 19.1 Å². The minimum absolute atomic E-state index is 0.0784. The van der Waals surface area contributed by atoms with Crippen molar-refractivity contribution in [2.45, 2.75) is 81.4 Å². The number of alkyl halides is 17. The first-order valence-electron chi connectivity index (χ1n) is 11.1. The third kappa shape index (κ3) is 6.03. The predicted molar refractivity (Wildman–Crippen MR) is 106 cm³/mol. The lowest BCUT2D eigenvalue weighted by molar-refractivity contribution is -0.474. The summed E-state index contributed by atoms with van der Waals surface area (Å²) in [7, 11) is 0. The molecular weight excluding hydrogens is 635 g/mol. The van der Waals surface area contributed by atoms with Gasteiger partial charge in [-0.05, 0) is 38.0 Å². The summed E-state index contributed by atoms with van der Waals surface area (Å²) < 4.78 is 235. The van der Waals surface area contributed by atoms with E-state index in [0.717, 1.165) is 12.1 Å². The minimum atomic E-state index is -8.84. The molecule has 1 aromatic carbocycles. The number of halogens is 17. The van der Waals surface area contributed by atoms with E-state index < -0.39 is 65.0 Å². The fourth-order valence-electron chi connectivity index (χ4n) is 2.85. The van der Waals surface area contributed by atoms with Gasteiger partial charge in [0.15, 0.2) is 0 Å². The summed E-state index contributed by atoms with van der Waals surface area (Å²) in [5.41, 5.74) is -9.42. The summed E-state index contributed by atoms with van der Waals surface area (Å²) in [4.78, 5) is 11.9. The Kier molecular flexibility index (Phi) is 9.86. The summed E-state index contributed by atoms with van der Waals surface area (Å²) in [5.74, 6) is -36.3. The second-order valence-electron chi connectivity index (χ2n) is 9.34. The van der Waals surface area contributed by atoms with Crippen LogP contribution in [0.4, 0.5) is 74.6 Å². The van der Waals surface area contributed by atoms with E-state index in [1.807, 2.05) is 0 Å². The van der Waals surface area contributed by atoms with E-state index in [-0.39, 0.29) is 18.6 Å². The third-order valence-electron chi connectivity index (χ3n) is 5.99. The molecule has 42 heavy (non-hydrogen) atoms. The molecule has 244 valence electrons. The molecule has 0 atom stereocenters. The van der Waals surface area contributed by atoms with Crippen molar-refractivity contribution in [3.63, 3.8) is 0 Å². The predicted octanol–water partition coefficient (Wildman–Crippen LogP) is 8.55. The van der Waals surface area contributed by atoms with Gasteiger partial charge in [0.05, 0.1) is 12.0 Å². The van der Waals surface area contributed by atoms with Crippen LogP contribution in [-0.2, 0) is 16.0 Å². The number of benzene rings is 1. The molecule has 0 bridgehead atoms. The van der Waals surface area contributed by atoms with E-state index in [2.05, 4.69) is 4.74 Å². The van der Waals surface area contributed by atoms with Crippen LogP contribution in [0.5, 0.6) is 5.75 Å². The SMILES string of the molecule is CCC(C)(C)C(=O)OCCc1ccc(OC(F)(F)C(F)(F)C(F)(F)C(F)(F)C(F)(F)C(F)(C(F)(F)F)C(F)(F)F)cc1. The number of carbonyl (C=O) groups excluding carboxylic acids is 1. The fourth-order valence-corrected chi connectivity index (χ4v) is 2.85. The molecule has 0 aliphatic carbocycles. The molecule has 0 aliphatic rings. The molecule has 20 heteroatoms. The monoisotopic (exact) mass is 654 g/mol. The van der Waals surface area contributed by atoms with E-state index in [1.165, 1.54) is 0 Å². The lowest BCUT2D eigenvalue weighted by Crippen LogP contribution is -2.77. The number of carbonyl (C=O) groups is 1. The summed E-state index contributed by atoms with van der Waals surface area (Å²) in [6.07, 6.45) is -23.2. The molecule has 1 aromatic rings. The second-order valence-corrected chi connectivity index (χ2v) is 9.34. The maximum atomic E-state index is 14.0. The van der Waals surface area contributed by atoms with E-state index in [9.17, 15) is 79.4 Å². The first-order valence-corrected chi connectivity index (χ1v) is 11.1. The van der Waals surface area contributed by atoms with Crippen molar-refractivity contribution in [2.24, 2.45) is 5.41 Å². The van der Waals surface area contributed by atoms with Gasteiger partial charge in [0.2, 0.25) is 0 Å². The standard InChI is InChI=1S/C22H19F17O3/c1-4-14(2,3)13(40)41-10-9-11-5-7-12(8-6-11)42-22(38,39)19(30,31)18(28,29)17(26,27)16(24,25)15(23,20(32,33)34)21(35,36)37/h5-8H,4,9-10H2,1-3H3. The molecule has 0 amide bonds. The highest BCUT2D eigenvalue weighted by molar-refractivity contribution is 5.75. The second kappa shape index (κ2) is 11.1. The van der Waals surface area contributed by atoms with Crippen LogP contribution in [0, 0.1) is 5.41 Å². The number of ether oxygens (including phenoxy) is 2. The molecule has 1 rings (SSSR count).